The van der Waals surface area contributed by atoms with Gasteiger partial charge in [-0.05, 0) is 38.5 Å². The largest absolute Gasteiger partial charge is 0.380 e. The molecule has 2 fully saturated rings. The van der Waals surface area contributed by atoms with Crippen LogP contribution in [0.4, 0.5) is 0 Å². The van der Waals surface area contributed by atoms with Crippen molar-refractivity contribution < 1.29 is 4.74 Å². The van der Waals surface area contributed by atoms with Gasteiger partial charge in [0.25, 0.3) is 0 Å². The van der Waals surface area contributed by atoms with E-state index in [-0.39, 0.29) is 0 Å². The first-order valence-electron chi connectivity index (χ1n) is 8.17. The van der Waals surface area contributed by atoms with Gasteiger partial charge in [0.2, 0.25) is 0 Å². The lowest BCUT2D eigenvalue weighted by Crippen LogP contribution is -2.65. The van der Waals surface area contributed by atoms with Crippen LogP contribution in [0.2, 0.25) is 0 Å². The molecule has 0 amide bonds. The van der Waals surface area contributed by atoms with Crippen LogP contribution in [0.5, 0.6) is 0 Å². The Morgan fingerprint density at radius 3 is 2.68 bits per heavy atom. The number of hydrogen-bond donors (Lipinski definition) is 1. The summed E-state index contributed by atoms with van der Waals surface area (Å²) in [5, 5.41) is 3.86. The fourth-order valence-corrected chi connectivity index (χ4v) is 3.46. The fraction of sp³-hybridized carbons (Fsp3) is 1.00. The number of hydrogen-bond acceptors (Lipinski definition) is 3. The van der Waals surface area contributed by atoms with Gasteiger partial charge < -0.3 is 10.1 Å². The molecule has 1 saturated carbocycles. The van der Waals surface area contributed by atoms with Gasteiger partial charge in [-0.25, -0.2) is 0 Å². The third-order valence-corrected chi connectivity index (χ3v) is 5.22. The van der Waals surface area contributed by atoms with Crippen LogP contribution in [0.15, 0.2) is 0 Å². The van der Waals surface area contributed by atoms with Gasteiger partial charge in [0, 0.05) is 37.8 Å². The van der Waals surface area contributed by atoms with Crippen LogP contribution in [-0.4, -0.2) is 49.3 Å². The van der Waals surface area contributed by atoms with Crippen LogP contribution in [-0.2, 0) is 4.74 Å². The van der Waals surface area contributed by atoms with Crippen molar-refractivity contribution in [2.75, 3.05) is 32.8 Å². The molecule has 1 heterocycles. The predicted molar refractivity (Wildman–Crippen MR) is 80.4 cm³/mol. The summed E-state index contributed by atoms with van der Waals surface area (Å²) in [6.07, 6.45) is 4.09. The minimum Gasteiger partial charge on any atom is -0.380 e. The zero-order chi connectivity index (χ0) is 13.9. The molecule has 0 aromatic rings. The summed E-state index contributed by atoms with van der Waals surface area (Å²) >= 11 is 0. The second-order valence-electron chi connectivity index (χ2n) is 6.69. The van der Waals surface area contributed by atoms with Gasteiger partial charge in [-0.2, -0.15) is 0 Å². The molecular formula is C16H32N2O. The maximum atomic E-state index is 5.58. The first-order valence-corrected chi connectivity index (χ1v) is 8.17. The second-order valence-corrected chi connectivity index (χ2v) is 6.69. The molecule has 0 aromatic carbocycles. The lowest BCUT2D eigenvalue weighted by atomic mass is 9.87. The van der Waals surface area contributed by atoms with E-state index >= 15 is 0 Å². The van der Waals surface area contributed by atoms with Gasteiger partial charge >= 0.3 is 0 Å². The van der Waals surface area contributed by atoms with Gasteiger partial charge in [0.15, 0.2) is 0 Å². The van der Waals surface area contributed by atoms with E-state index in [2.05, 4.69) is 37.9 Å². The van der Waals surface area contributed by atoms with E-state index in [9.17, 15) is 0 Å². The molecule has 112 valence electrons. The predicted octanol–water partition coefficient (Wildman–Crippen LogP) is 2.51. The SMILES string of the molecule is CCOCCN1CC(C)(C2CC2)NCC1C(C)CC. The molecule has 1 aliphatic heterocycles. The summed E-state index contributed by atoms with van der Waals surface area (Å²) in [4.78, 5) is 2.69. The lowest BCUT2D eigenvalue weighted by molar-refractivity contribution is 0.0217. The van der Waals surface area contributed by atoms with E-state index in [1.54, 1.807) is 0 Å². The zero-order valence-electron chi connectivity index (χ0n) is 13.2. The van der Waals surface area contributed by atoms with E-state index < -0.39 is 0 Å². The highest BCUT2D eigenvalue weighted by Crippen LogP contribution is 2.41. The van der Waals surface area contributed by atoms with E-state index in [4.69, 9.17) is 4.74 Å². The quantitative estimate of drug-likeness (QED) is 0.718. The molecule has 0 radical (unpaired) electrons. The molecule has 3 unspecified atom stereocenters. The van der Waals surface area contributed by atoms with Crippen molar-refractivity contribution in [2.24, 2.45) is 11.8 Å². The summed E-state index contributed by atoms with van der Waals surface area (Å²) in [7, 11) is 0. The van der Waals surface area contributed by atoms with Crippen LogP contribution in [0, 0.1) is 11.8 Å². The van der Waals surface area contributed by atoms with Gasteiger partial charge in [0.05, 0.1) is 6.61 Å². The van der Waals surface area contributed by atoms with Crippen LogP contribution >= 0.6 is 0 Å². The zero-order valence-corrected chi connectivity index (χ0v) is 13.2. The van der Waals surface area contributed by atoms with Crippen molar-refractivity contribution in [3.63, 3.8) is 0 Å². The van der Waals surface area contributed by atoms with Gasteiger partial charge in [-0.15, -0.1) is 0 Å². The number of nitrogens with zero attached hydrogens (tertiary/aromatic N) is 1. The Morgan fingerprint density at radius 1 is 1.37 bits per heavy atom. The highest BCUT2D eigenvalue weighted by molar-refractivity contribution is 5.04. The topological polar surface area (TPSA) is 24.5 Å². The van der Waals surface area contributed by atoms with Crippen molar-refractivity contribution >= 4 is 0 Å². The summed E-state index contributed by atoms with van der Waals surface area (Å²) in [6, 6.07) is 0.678. The van der Waals surface area contributed by atoms with Crippen LogP contribution < -0.4 is 5.32 Å². The Bertz CT molecular complexity index is 280. The maximum Gasteiger partial charge on any atom is 0.0593 e. The molecule has 1 aliphatic carbocycles. The molecule has 3 nitrogen and oxygen atoms in total. The molecule has 3 heteroatoms. The third-order valence-electron chi connectivity index (χ3n) is 5.22. The van der Waals surface area contributed by atoms with Gasteiger partial charge in [-0.1, -0.05) is 20.3 Å². The Labute approximate surface area is 119 Å². The highest BCUT2D eigenvalue weighted by Gasteiger charge is 2.46. The number of nitrogens with one attached hydrogen (secondary N) is 1. The average molecular weight is 268 g/mol. The van der Waals surface area contributed by atoms with Crippen LogP contribution in [0.25, 0.3) is 0 Å². The monoisotopic (exact) mass is 268 g/mol. The minimum absolute atomic E-state index is 0.343. The summed E-state index contributed by atoms with van der Waals surface area (Å²) in [5.41, 5.74) is 0.343. The second kappa shape index (κ2) is 6.55. The lowest BCUT2D eigenvalue weighted by Gasteiger charge is -2.48. The van der Waals surface area contributed by atoms with Crippen molar-refractivity contribution in [1.82, 2.24) is 10.2 Å². The van der Waals surface area contributed by atoms with Crippen molar-refractivity contribution in [2.45, 2.75) is 58.5 Å². The van der Waals surface area contributed by atoms with Crippen molar-refractivity contribution in [3.8, 4) is 0 Å². The Balaban J connectivity index is 1.96. The van der Waals surface area contributed by atoms with Gasteiger partial charge in [0.1, 0.15) is 0 Å². The van der Waals surface area contributed by atoms with Crippen molar-refractivity contribution in [1.29, 1.82) is 0 Å². The average Bonchev–Trinajstić information content (AvgIpc) is 3.23. The smallest absolute Gasteiger partial charge is 0.0593 e. The van der Waals surface area contributed by atoms with E-state index in [1.165, 1.54) is 25.8 Å². The maximum absolute atomic E-state index is 5.58. The van der Waals surface area contributed by atoms with E-state index in [1.807, 2.05) is 0 Å². The molecule has 1 saturated heterocycles. The van der Waals surface area contributed by atoms with Crippen molar-refractivity contribution in [3.05, 3.63) is 0 Å². The first-order chi connectivity index (χ1) is 9.10. The van der Waals surface area contributed by atoms with E-state index in [0.717, 1.165) is 38.1 Å². The third kappa shape index (κ3) is 3.71. The highest BCUT2D eigenvalue weighted by atomic mass is 16.5. The molecule has 0 bridgehead atoms. The standard InChI is InChI=1S/C16H32N2O/c1-5-13(3)15-11-17-16(4,14-7-8-14)12-18(15)9-10-19-6-2/h13-15,17H,5-12H2,1-4H3. The number of piperazine rings is 1. The Kier molecular flexibility index (Phi) is 5.27. The summed E-state index contributed by atoms with van der Waals surface area (Å²) in [5.74, 6) is 1.66. The molecular weight excluding hydrogens is 236 g/mol. The molecule has 0 aromatic heterocycles. The molecule has 3 atom stereocenters. The molecule has 2 aliphatic rings. The van der Waals surface area contributed by atoms with Crippen LogP contribution in [0.3, 0.4) is 0 Å². The number of ether oxygens (including phenoxy) is 1. The van der Waals surface area contributed by atoms with Gasteiger partial charge in [-0.3, -0.25) is 4.90 Å². The van der Waals surface area contributed by atoms with E-state index in [0.29, 0.717) is 11.6 Å². The summed E-state index contributed by atoms with van der Waals surface area (Å²) < 4.78 is 5.58. The summed E-state index contributed by atoms with van der Waals surface area (Å²) in [6.45, 7) is 14.3. The Morgan fingerprint density at radius 2 is 2.11 bits per heavy atom. The van der Waals surface area contributed by atoms with Crippen LogP contribution in [0.1, 0.15) is 47.0 Å². The number of rotatable bonds is 7. The molecule has 0 spiro atoms. The molecule has 19 heavy (non-hydrogen) atoms. The fourth-order valence-electron chi connectivity index (χ4n) is 3.46. The first kappa shape index (κ1) is 15.3. The molecule has 1 N–H and O–H groups in total. The normalized spacial score (nSPS) is 34.4. The Hall–Kier alpha value is -0.120. The minimum atomic E-state index is 0.343. The molecule has 2 rings (SSSR count).